The van der Waals surface area contributed by atoms with E-state index in [1.54, 1.807) is 0 Å². The Bertz CT molecular complexity index is 851. The summed E-state index contributed by atoms with van der Waals surface area (Å²) in [6.07, 6.45) is -1.03. The van der Waals surface area contributed by atoms with Gasteiger partial charge in [0.1, 0.15) is 0 Å². The smallest absolute Gasteiger partial charge is 0.438 e. The SMILES string of the molecule is COC(=O)OC1c2ccccc2-c2ccccc21.NNCc1ccccc1. The van der Waals surface area contributed by atoms with E-state index in [-0.39, 0.29) is 6.10 Å². The first kappa shape index (κ1) is 18.6. The molecule has 0 saturated carbocycles. The Morgan fingerprint density at radius 2 is 1.41 bits per heavy atom. The first-order valence-electron chi connectivity index (χ1n) is 8.64. The Morgan fingerprint density at radius 3 is 1.93 bits per heavy atom. The molecule has 5 heteroatoms. The van der Waals surface area contributed by atoms with Crippen molar-refractivity contribution in [3.63, 3.8) is 0 Å². The van der Waals surface area contributed by atoms with Crippen LogP contribution in [0.1, 0.15) is 22.8 Å². The van der Waals surface area contributed by atoms with E-state index >= 15 is 0 Å². The van der Waals surface area contributed by atoms with Gasteiger partial charge >= 0.3 is 6.16 Å². The van der Waals surface area contributed by atoms with Gasteiger partial charge in [-0.3, -0.25) is 11.3 Å². The van der Waals surface area contributed by atoms with Gasteiger partial charge < -0.3 is 9.47 Å². The van der Waals surface area contributed by atoms with Gasteiger partial charge in [0.05, 0.1) is 7.11 Å². The molecule has 0 heterocycles. The molecule has 0 atom stereocenters. The minimum atomic E-state index is -0.661. The Hall–Kier alpha value is -3.15. The van der Waals surface area contributed by atoms with Crippen LogP contribution in [0, 0.1) is 0 Å². The summed E-state index contributed by atoms with van der Waals surface area (Å²) >= 11 is 0. The number of hydrogen-bond donors (Lipinski definition) is 2. The Labute approximate surface area is 158 Å². The molecule has 1 aliphatic rings. The Kier molecular flexibility index (Phi) is 6.20. The van der Waals surface area contributed by atoms with Crippen LogP contribution in [0.15, 0.2) is 78.9 Å². The van der Waals surface area contributed by atoms with Gasteiger partial charge in [-0.25, -0.2) is 4.79 Å². The second-order valence-corrected chi connectivity index (χ2v) is 5.99. The summed E-state index contributed by atoms with van der Waals surface area (Å²) in [5, 5.41) is 0. The van der Waals surface area contributed by atoms with Gasteiger partial charge in [0.25, 0.3) is 0 Å². The van der Waals surface area contributed by atoms with Crippen LogP contribution < -0.4 is 11.3 Å². The summed E-state index contributed by atoms with van der Waals surface area (Å²) in [7, 11) is 1.31. The molecule has 5 nitrogen and oxygen atoms in total. The quantitative estimate of drug-likeness (QED) is 0.415. The number of rotatable bonds is 3. The molecule has 4 rings (SSSR count). The number of nitrogens with one attached hydrogen (secondary N) is 1. The molecule has 3 aromatic carbocycles. The fraction of sp³-hybridized carbons (Fsp3) is 0.136. The highest BCUT2D eigenvalue weighted by atomic mass is 16.7. The first-order chi connectivity index (χ1) is 13.2. The monoisotopic (exact) mass is 362 g/mol. The highest BCUT2D eigenvalue weighted by molar-refractivity contribution is 5.79. The van der Waals surface area contributed by atoms with Crippen LogP contribution >= 0.6 is 0 Å². The van der Waals surface area contributed by atoms with Crippen molar-refractivity contribution in [2.24, 2.45) is 5.84 Å². The van der Waals surface area contributed by atoms with Crippen molar-refractivity contribution in [3.05, 3.63) is 95.6 Å². The highest BCUT2D eigenvalue weighted by Crippen LogP contribution is 2.45. The van der Waals surface area contributed by atoms with E-state index in [1.165, 1.54) is 12.7 Å². The largest absolute Gasteiger partial charge is 0.508 e. The summed E-state index contributed by atoms with van der Waals surface area (Å²) in [6, 6.07) is 25.9. The molecule has 0 saturated heterocycles. The van der Waals surface area contributed by atoms with Crippen molar-refractivity contribution in [2.75, 3.05) is 7.11 Å². The number of hydrogen-bond acceptors (Lipinski definition) is 5. The van der Waals surface area contributed by atoms with Crippen molar-refractivity contribution in [3.8, 4) is 11.1 Å². The number of carbonyl (C=O) groups is 1. The van der Waals surface area contributed by atoms with Crippen molar-refractivity contribution in [2.45, 2.75) is 12.6 Å². The van der Waals surface area contributed by atoms with Gasteiger partial charge in [0, 0.05) is 17.7 Å². The molecule has 27 heavy (non-hydrogen) atoms. The van der Waals surface area contributed by atoms with Crippen molar-refractivity contribution in [1.29, 1.82) is 0 Å². The third-order valence-corrected chi connectivity index (χ3v) is 4.31. The number of hydrazine groups is 1. The van der Waals surface area contributed by atoms with Gasteiger partial charge in [-0.05, 0) is 16.7 Å². The van der Waals surface area contributed by atoms with E-state index in [0.717, 1.165) is 28.8 Å². The van der Waals surface area contributed by atoms with Crippen LogP contribution in [0.3, 0.4) is 0 Å². The third-order valence-electron chi connectivity index (χ3n) is 4.31. The predicted octanol–water partition coefficient (Wildman–Crippen LogP) is 4.19. The van der Waals surface area contributed by atoms with Crippen LogP contribution in [0.25, 0.3) is 11.1 Å². The van der Waals surface area contributed by atoms with Gasteiger partial charge in [0.2, 0.25) is 0 Å². The van der Waals surface area contributed by atoms with Crippen LogP contribution in [0.5, 0.6) is 0 Å². The maximum Gasteiger partial charge on any atom is 0.508 e. The predicted molar refractivity (Wildman–Crippen MR) is 105 cm³/mol. The first-order valence-corrected chi connectivity index (χ1v) is 8.64. The molecule has 0 radical (unpaired) electrons. The maximum atomic E-state index is 11.3. The number of methoxy groups -OCH3 is 1. The van der Waals surface area contributed by atoms with E-state index < -0.39 is 6.16 Å². The van der Waals surface area contributed by atoms with Gasteiger partial charge in [-0.1, -0.05) is 78.9 Å². The normalized spacial score (nSPS) is 11.6. The molecule has 3 N–H and O–H groups in total. The number of ether oxygens (including phenoxy) is 2. The van der Waals surface area contributed by atoms with E-state index in [1.807, 2.05) is 78.9 Å². The fourth-order valence-electron chi connectivity index (χ4n) is 3.09. The van der Waals surface area contributed by atoms with E-state index in [2.05, 4.69) is 10.2 Å². The lowest BCUT2D eigenvalue weighted by Gasteiger charge is -2.13. The number of carbonyl (C=O) groups excluding carboxylic acids is 1. The number of fused-ring (bicyclic) bond motifs is 3. The lowest BCUT2D eigenvalue weighted by Crippen LogP contribution is -2.20. The molecule has 0 amide bonds. The lowest BCUT2D eigenvalue weighted by atomic mass is 10.1. The van der Waals surface area contributed by atoms with E-state index in [4.69, 9.17) is 10.6 Å². The van der Waals surface area contributed by atoms with E-state index in [9.17, 15) is 4.79 Å². The van der Waals surface area contributed by atoms with Crippen LogP contribution in [-0.2, 0) is 16.0 Å². The highest BCUT2D eigenvalue weighted by Gasteiger charge is 2.31. The summed E-state index contributed by atoms with van der Waals surface area (Å²) in [6.45, 7) is 0.737. The molecule has 3 aromatic rings. The van der Waals surface area contributed by atoms with Gasteiger partial charge in [-0.15, -0.1) is 0 Å². The molecule has 0 spiro atoms. The summed E-state index contributed by atoms with van der Waals surface area (Å²) in [4.78, 5) is 11.3. The van der Waals surface area contributed by atoms with Gasteiger partial charge in [-0.2, -0.15) is 0 Å². The summed E-state index contributed by atoms with van der Waals surface area (Å²) in [5.41, 5.74) is 8.03. The summed E-state index contributed by atoms with van der Waals surface area (Å²) in [5.74, 6) is 5.11. The lowest BCUT2D eigenvalue weighted by molar-refractivity contribution is 0.0511. The molecule has 0 bridgehead atoms. The molecule has 0 unspecified atom stereocenters. The molecule has 138 valence electrons. The standard InChI is InChI=1S/C15H12O3.C7H10N2/c1-17-15(16)18-14-12-8-4-2-6-10(12)11-7-3-5-9-13(11)14;8-9-6-7-4-2-1-3-5-7/h2-9,14H,1H3;1-5,9H,6,8H2. The van der Waals surface area contributed by atoms with Crippen LogP contribution in [0.2, 0.25) is 0 Å². The number of benzene rings is 3. The summed E-state index contributed by atoms with van der Waals surface area (Å²) < 4.78 is 9.93. The number of nitrogens with two attached hydrogens (primary N) is 1. The van der Waals surface area contributed by atoms with Crippen molar-refractivity contribution < 1.29 is 14.3 Å². The maximum absolute atomic E-state index is 11.3. The molecule has 1 aliphatic carbocycles. The molecular formula is C22H22N2O3. The molecule has 0 aromatic heterocycles. The van der Waals surface area contributed by atoms with Crippen molar-refractivity contribution >= 4 is 6.16 Å². The second kappa shape index (κ2) is 8.98. The second-order valence-electron chi connectivity index (χ2n) is 5.99. The zero-order valence-electron chi connectivity index (χ0n) is 15.1. The average Bonchev–Trinajstić information content (AvgIpc) is 3.04. The zero-order chi connectivity index (χ0) is 19.1. The third kappa shape index (κ3) is 4.34. The molecule has 0 fully saturated rings. The van der Waals surface area contributed by atoms with E-state index in [0.29, 0.717) is 0 Å². The average molecular weight is 362 g/mol. The fourth-order valence-corrected chi connectivity index (χ4v) is 3.09. The Morgan fingerprint density at radius 1 is 0.889 bits per heavy atom. The Balaban J connectivity index is 0.000000197. The van der Waals surface area contributed by atoms with Crippen molar-refractivity contribution in [1.82, 2.24) is 5.43 Å². The van der Waals surface area contributed by atoms with Crippen LogP contribution in [0.4, 0.5) is 4.79 Å². The molecule has 0 aliphatic heterocycles. The molecular weight excluding hydrogens is 340 g/mol. The minimum Gasteiger partial charge on any atom is -0.438 e. The zero-order valence-corrected chi connectivity index (χ0v) is 15.1. The van der Waals surface area contributed by atoms with Crippen LogP contribution in [-0.4, -0.2) is 13.3 Å². The topological polar surface area (TPSA) is 73.6 Å². The minimum absolute atomic E-state index is 0.371. The van der Waals surface area contributed by atoms with Gasteiger partial charge in [0.15, 0.2) is 6.10 Å².